The van der Waals surface area contributed by atoms with Crippen molar-refractivity contribution in [1.82, 2.24) is 0 Å². The largest absolute Gasteiger partial charge is 0.123 e. The van der Waals surface area contributed by atoms with Gasteiger partial charge in [-0.15, -0.1) is 11.8 Å². The summed E-state index contributed by atoms with van der Waals surface area (Å²) in [4.78, 5) is 1.44. The summed E-state index contributed by atoms with van der Waals surface area (Å²) >= 11 is 2.09. The predicted octanol–water partition coefficient (Wildman–Crippen LogP) is 7.48. The molecule has 0 radical (unpaired) electrons. The summed E-state index contributed by atoms with van der Waals surface area (Å²) in [7, 11) is 0. The molecule has 1 atom stereocenters. The minimum Gasteiger partial charge on any atom is -0.123 e. The van der Waals surface area contributed by atoms with Crippen molar-refractivity contribution in [3.8, 4) is 0 Å². The zero-order chi connectivity index (χ0) is 15.2. The summed E-state index contributed by atoms with van der Waals surface area (Å²) < 4.78 is 0. The molecule has 0 heterocycles. The summed E-state index contributed by atoms with van der Waals surface area (Å²) in [5, 5.41) is 0.817. The number of hydrogen-bond donors (Lipinski definition) is 0. The Kier molecular flexibility index (Phi) is 11.7. The number of unbranched alkanes of at least 4 members (excludes halogenated alkanes) is 7. The van der Waals surface area contributed by atoms with Gasteiger partial charge >= 0.3 is 0 Å². The van der Waals surface area contributed by atoms with Crippen molar-refractivity contribution < 1.29 is 0 Å². The van der Waals surface area contributed by atoms with E-state index in [9.17, 15) is 0 Å². The van der Waals surface area contributed by atoms with Crippen molar-refractivity contribution in [3.63, 3.8) is 0 Å². The molecule has 0 aliphatic heterocycles. The summed E-state index contributed by atoms with van der Waals surface area (Å²) in [5.41, 5.74) is 0. The van der Waals surface area contributed by atoms with Crippen molar-refractivity contribution in [2.45, 2.75) is 94.6 Å². The maximum Gasteiger partial charge on any atom is 0.00943 e. The average Bonchev–Trinajstić information content (AvgIpc) is 2.51. The maximum absolute atomic E-state index is 2.31. The Morgan fingerprint density at radius 2 is 1.33 bits per heavy atom. The molecular formula is C20H34S. The summed E-state index contributed by atoms with van der Waals surface area (Å²) in [6.07, 6.45) is 15.5. The third-order valence-electron chi connectivity index (χ3n) is 4.04. The van der Waals surface area contributed by atoms with E-state index in [2.05, 4.69) is 55.9 Å². The number of hydrogen-bond acceptors (Lipinski definition) is 1. The van der Waals surface area contributed by atoms with E-state index in [0.29, 0.717) is 0 Å². The van der Waals surface area contributed by atoms with E-state index in [1.165, 1.54) is 75.5 Å². The molecule has 0 N–H and O–H groups in total. The molecule has 0 fully saturated rings. The van der Waals surface area contributed by atoms with Gasteiger partial charge in [-0.1, -0.05) is 89.8 Å². The molecule has 0 aromatic heterocycles. The normalized spacial score (nSPS) is 12.5. The SMILES string of the molecule is CCCCCCCCCCC(CCC)Sc1ccccc1. The van der Waals surface area contributed by atoms with Crippen LogP contribution in [0, 0.1) is 0 Å². The van der Waals surface area contributed by atoms with Gasteiger partial charge in [0.2, 0.25) is 0 Å². The van der Waals surface area contributed by atoms with Crippen molar-refractivity contribution in [2.24, 2.45) is 0 Å². The van der Waals surface area contributed by atoms with E-state index >= 15 is 0 Å². The molecule has 1 rings (SSSR count). The van der Waals surface area contributed by atoms with Crippen LogP contribution in [0.5, 0.6) is 0 Å². The molecule has 0 aliphatic rings. The highest BCUT2D eigenvalue weighted by Crippen LogP contribution is 2.29. The highest BCUT2D eigenvalue weighted by molar-refractivity contribution is 8.00. The minimum atomic E-state index is 0.817. The van der Waals surface area contributed by atoms with E-state index in [1.54, 1.807) is 0 Å². The molecule has 1 aromatic carbocycles. The molecule has 1 unspecified atom stereocenters. The van der Waals surface area contributed by atoms with Crippen LogP contribution in [0.25, 0.3) is 0 Å². The molecule has 1 heteroatoms. The maximum atomic E-state index is 2.31. The first-order chi connectivity index (χ1) is 10.4. The van der Waals surface area contributed by atoms with Gasteiger partial charge in [-0.25, -0.2) is 0 Å². The molecular weight excluding hydrogens is 272 g/mol. The van der Waals surface area contributed by atoms with Gasteiger partial charge in [-0.05, 0) is 25.0 Å². The quantitative estimate of drug-likeness (QED) is 0.269. The highest BCUT2D eigenvalue weighted by atomic mass is 32.2. The van der Waals surface area contributed by atoms with Crippen molar-refractivity contribution >= 4 is 11.8 Å². The van der Waals surface area contributed by atoms with Crippen LogP contribution in [0.2, 0.25) is 0 Å². The first-order valence-electron chi connectivity index (χ1n) is 9.08. The standard InChI is InChI=1S/C20H34S/c1-3-5-6-7-8-9-10-12-16-19(15-4-2)21-20-17-13-11-14-18-20/h11,13-14,17-19H,3-10,12,15-16H2,1-2H3. The zero-order valence-electron chi connectivity index (χ0n) is 14.2. The molecule has 0 amide bonds. The van der Waals surface area contributed by atoms with Gasteiger partial charge in [0.05, 0.1) is 0 Å². The van der Waals surface area contributed by atoms with Gasteiger partial charge in [-0.3, -0.25) is 0 Å². The van der Waals surface area contributed by atoms with Crippen molar-refractivity contribution in [3.05, 3.63) is 30.3 Å². The van der Waals surface area contributed by atoms with Gasteiger partial charge in [0.25, 0.3) is 0 Å². The summed E-state index contributed by atoms with van der Waals surface area (Å²) in [5.74, 6) is 0. The van der Waals surface area contributed by atoms with Crippen molar-refractivity contribution in [2.75, 3.05) is 0 Å². The fourth-order valence-electron chi connectivity index (χ4n) is 2.78. The number of rotatable bonds is 13. The second-order valence-electron chi connectivity index (χ2n) is 6.11. The molecule has 0 spiro atoms. The first kappa shape index (κ1) is 18.6. The number of thioether (sulfide) groups is 1. The Hall–Kier alpha value is -0.430. The molecule has 0 aliphatic carbocycles. The molecule has 21 heavy (non-hydrogen) atoms. The Morgan fingerprint density at radius 1 is 0.714 bits per heavy atom. The Balaban J connectivity index is 2.11. The van der Waals surface area contributed by atoms with Gasteiger partial charge in [0.1, 0.15) is 0 Å². The van der Waals surface area contributed by atoms with Crippen LogP contribution in [0.1, 0.15) is 84.5 Å². The fraction of sp³-hybridized carbons (Fsp3) is 0.700. The third kappa shape index (κ3) is 10.0. The molecule has 0 saturated heterocycles. The van der Waals surface area contributed by atoms with Crippen LogP contribution in [-0.2, 0) is 0 Å². The Bertz CT molecular complexity index is 320. The lowest BCUT2D eigenvalue weighted by Crippen LogP contribution is -2.02. The average molecular weight is 307 g/mol. The van der Waals surface area contributed by atoms with Gasteiger partial charge in [0.15, 0.2) is 0 Å². The topological polar surface area (TPSA) is 0 Å². The van der Waals surface area contributed by atoms with E-state index in [0.717, 1.165) is 5.25 Å². The van der Waals surface area contributed by atoms with E-state index in [4.69, 9.17) is 0 Å². The first-order valence-corrected chi connectivity index (χ1v) is 9.96. The second-order valence-corrected chi connectivity index (χ2v) is 7.48. The lowest BCUT2D eigenvalue weighted by molar-refractivity contribution is 0.552. The zero-order valence-corrected chi connectivity index (χ0v) is 15.0. The van der Waals surface area contributed by atoms with E-state index in [1.807, 2.05) is 0 Å². The lowest BCUT2D eigenvalue weighted by atomic mass is 10.1. The molecule has 0 bridgehead atoms. The summed E-state index contributed by atoms with van der Waals surface area (Å²) in [6, 6.07) is 10.9. The molecule has 0 nitrogen and oxygen atoms in total. The van der Waals surface area contributed by atoms with Crippen LogP contribution in [0.15, 0.2) is 35.2 Å². The Labute approximate surface area is 137 Å². The Morgan fingerprint density at radius 3 is 1.95 bits per heavy atom. The van der Waals surface area contributed by atoms with Crippen LogP contribution in [0.4, 0.5) is 0 Å². The third-order valence-corrected chi connectivity index (χ3v) is 5.39. The van der Waals surface area contributed by atoms with E-state index < -0.39 is 0 Å². The van der Waals surface area contributed by atoms with Gasteiger partial charge in [-0.2, -0.15) is 0 Å². The fourth-order valence-corrected chi connectivity index (χ4v) is 4.12. The van der Waals surface area contributed by atoms with Crippen LogP contribution in [0.3, 0.4) is 0 Å². The monoisotopic (exact) mass is 306 g/mol. The van der Waals surface area contributed by atoms with Crippen LogP contribution >= 0.6 is 11.8 Å². The summed E-state index contributed by atoms with van der Waals surface area (Å²) in [6.45, 7) is 4.60. The molecule has 0 saturated carbocycles. The molecule has 1 aromatic rings. The highest BCUT2D eigenvalue weighted by Gasteiger charge is 2.09. The molecule has 120 valence electrons. The van der Waals surface area contributed by atoms with Crippen LogP contribution in [-0.4, -0.2) is 5.25 Å². The van der Waals surface area contributed by atoms with E-state index in [-0.39, 0.29) is 0 Å². The minimum absolute atomic E-state index is 0.817. The van der Waals surface area contributed by atoms with Crippen molar-refractivity contribution in [1.29, 1.82) is 0 Å². The smallest absolute Gasteiger partial charge is 0.00943 e. The predicted molar refractivity (Wildman–Crippen MR) is 98.2 cm³/mol. The number of benzene rings is 1. The lowest BCUT2D eigenvalue weighted by Gasteiger charge is -2.15. The van der Waals surface area contributed by atoms with Crippen LogP contribution < -0.4 is 0 Å². The van der Waals surface area contributed by atoms with Gasteiger partial charge < -0.3 is 0 Å². The van der Waals surface area contributed by atoms with Gasteiger partial charge in [0, 0.05) is 10.1 Å². The second kappa shape index (κ2) is 13.2.